The van der Waals surface area contributed by atoms with E-state index in [1.54, 1.807) is 11.6 Å². The first-order valence-electron chi connectivity index (χ1n) is 8.01. The average Bonchev–Trinajstić information content (AvgIpc) is 3.05. The zero-order valence-electron chi connectivity index (χ0n) is 13.8. The van der Waals surface area contributed by atoms with Crippen molar-refractivity contribution in [1.82, 2.24) is 20.9 Å². The molecule has 0 radical (unpaired) electrons. The molecular weight excluding hydrogens is 344 g/mol. The second-order valence-corrected chi connectivity index (χ2v) is 6.49. The van der Waals surface area contributed by atoms with Gasteiger partial charge in [-0.05, 0) is 25.9 Å². The summed E-state index contributed by atoms with van der Waals surface area (Å²) in [6, 6.07) is 0. The van der Waals surface area contributed by atoms with Gasteiger partial charge in [-0.1, -0.05) is 0 Å². The number of aliphatic imine (C=N–C) groups is 1. The molecule has 2 aliphatic heterocycles. The Hall–Kier alpha value is -2.46. The largest absolute Gasteiger partial charge is 0.474 e. The Morgan fingerprint density at radius 3 is 2.88 bits per heavy atom. The van der Waals surface area contributed by atoms with E-state index in [0.717, 1.165) is 25.9 Å². The number of thiazole rings is 1. The van der Waals surface area contributed by atoms with E-state index in [4.69, 9.17) is 4.74 Å². The molecule has 2 amide bonds. The van der Waals surface area contributed by atoms with Gasteiger partial charge in [0.15, 0.2) is 5.13 Å². The van der Waals surface area contributed by atoms with E-state index < -0.39 is 0 Å². The van der Waals surface area contributed by atoms with Crippen LogP contribution in [0.2, 0.25) is 0 Å². The molecule has 0 saturated carbocycles. The maximum Gasteiger partial charge on any atom is 0.275 e. The van der Waals surface area contributed by atoms with Crippen LogP contribution in [0.3, 0.4) is 0 Å². The fourth-order valence-electron chi connectivity index (χ4n) is 2.45. The first-order valence-corrected chi connectivity index (χ1v) is 8.89. The van der Waals surface area contributed by atoms with Crippen LogP contribution in [0.4, 0.5) is 5.13 Å². The Kier molecular flexibility index (Phi) is 5.61. The average molecular weight is 364 g/mol. The highest BCUT2D eigenvalue weighted by Gasteiger charge is 2.21. The van der Waals surface area contributed by atoms with Gasteiger partial charge in [0.1, 0.15) is 24.2 Å². The summed E-state index contributed by atoms with van der Waals surface area (Å²) in [6.45, 7) is 3.63. The number of carbonyl (C=O) groups excluding carboxylic acids is 2. The normalized spacial score (nSPS) is 17.8. The Morgan fingerprint density at radius 2 is 2.12 bits per heavy atom. The van der Waals surface area contributed by atoms with Crippen molar-refractivity contribution in [3.63, 3.8) is 0 Å². The number of aromatic nitrogens is 1. The van der Waals surface area contributed by atoms with Gasteiger partial charge in [0.25, 0.3) is 5.91 Å². The highest BCUT2D eigenvalue weighted by Crippen LogP contribution is 2.17. The molecule has 3 rings (SSSR count). The molecule has 0 bridgehead atoms. The first kappa shape index (κ1) is 17.4. The third-order valence-electron chi connectivity index (χ3n) is 3.63. The van der Waals surface area contributed by atoms with Crippen LogP contribution in [-0.4, -0.2) is 48.9 Å². The van der Waals surface area contributed by atoms with Crippen LogP contribution in [0.25, 0.3) is 0 Å². The van der Waals surface area contributed by atoms with Crippen molar-refractivity contribution < 1.29 is 14.3 Å². The van der Waals surface area contributed by atoms with E-state index in [-0.39, 0.29) is 23.6 Å². The molecule has 0 aromatic carbocycles. The quantitative estimate of drug-likeness (QED) is 0.601. The van der Waals surface area contributed by atoms with Gasteiger partial charge in [-0.3, -0.25) is 14.6 Å². The van der Waals surface area contributed by atoms with Gasteiger partial charge < -0.3 is 26.0 Å². The summed E-state index contributed by atoms with van der Waals surface area (Å²) in [5.74, 6) is -0.0951. The third kappa shape index (κ3) is 4.77. The first-order chi connectivity index (χ1) is 12.1. The Balaban J connectivity index is 1.67. The SMILES string of the molecule is CC(=O)Nc1nc(C(=O)NC2=C(OC3CCNCC3)NCN=C2)cs1. The van der Waals surface area contributed by atoms with Crippen LogP contribution < -0.4 is 21.3 Å². The van der Waals surface area contributed by atoms with E-state index in [9.17, 15) is 9.59 Å². The monoisotopic (exact) mass is 364 g/mol. The van der Waals surface area contributed by atoms with Gasteiger partial charge in [-0.2, -0.15) is 0 Å². The number of nitrogens with one attached hydrogen (secondary N) is 4. The van der Waals surface area contributed by atoms with E-state index in [0.29, 0.717) is 23.4 Å². The summed E-state index contributed by atoms with van der Waals surface area (Å²) in [7, 11) is 0. The molecular formula is C15H20N6O3S. The number of carbonyl (C=O) groups is 2. The predicted molar refractivity (Wildman–Crippen MR) is 94.4 cm³/mol. The smallest absolute Gasteiger partial charge is 0.275 e. The molecule has 0 atom stereocenters. The van der Waals surface area contributed by atoms with Gasteiger partial charge in [0.2, 0.25) is 11.8 Å². The molecule has 2 aliphatic rings. The minimum absolute atomic E-state index is 0.104. The molecule has 0 aliphatic carbocycles. The van der Waals surface area contributed by atoms with Crippen molar-refractivity contribution in [3.8, 4) is 0 Å². The number of piperidine rings is 1. The number of hydrogen-bond acceptors (Lipinski definition) is 8. The number of hydrogen-bond donors (Lipinski definition) is 4. The Bertz CT molecular complexity index is 708. The number of allylic oxidation sites excluding steroid dienone is 1. The molecule has 1 saturated heterocycles. The van der Waals surface area contributed by atoms with Crippen LogP contribution >= 0.6 is 11.3 Å². The fraction of sp³-hybridized carbons (Fsp3) is 0.467. The highest BCUT2D eigenvalue weighted by atomic mass is 32.1. The molecule has 134 valence electrons. The van der Waals surface area contributed by atoms with Crippen LogP contribution in [0.5, 0.6) is 0 Å². The topological polar surface area (TPSA) is 117 Å². The lowest BCUT2D eigenvalue weighted by Crippen LogP contribution is -2.37. The van der Waals surface area contributed by atoms with Crippen LogP contribution in [0.1, 0.15) is 30.3 Å². The van der Waals surface area contributed by atoms with Crippen molar-refractivity contribution in [3.05, 3.63) is 22.7 Å². The molecule has 1 aromatic heterocycles. The summed E-state index contributed by atoms with van der Waals surface area (Å²) >= 11 is 1.19. The summed E-state index contributed by atoms with van der Waals surface area (Å²) < 4.78 is 5.99. The van der Waals surface area contributed by atoms with E-state index in [2.05, 4.69) is 31.2 Å². The maximum absolute atomic E-state index is 12.4. The lowest BCUT2D eigenvalue weighted by atomic mass is 10.1. The molecule has 1 aromatic rings. The minimum atomic E-state index is -0.385. The lowest BCUT2D eigenvalue weighted by Gasteiger charge is -2.27. The van der Waals surface area contributed by atoms with Crippen LogP contribution in [0, 0.1) is 0 Å². The summed E-state index contributed by atoms with van der Waals surface area (Å²) in [5.41, 5.74) is 0.699. The summed E-state index contributed by atoms with van der Waals surface area (Å²) in [5, 5.41) is 13.6. The van der Waals surface area contributed by atoms with Crippen molar-refractivity contribution in [2.45, 2.75) is 25.9 Å². The van der Waals surface area contributed by atoms with Crippen molar-refractivity contribution in [1.29, 1.82) is 0 Å². The van der Waals surface area contributed by atoms with Crippen LogP contribution in [0.15, 0.2) is 22.0 Å². The molecule has 0 spiro atoms. The second kappa shape index (κ2) is 8.08. The fourth-order valence-corrected chi connectivity index (χ4v) is 3.19. The molecule has 25 heavy (non-hydrogen) atoms. The number of rotatable bonds is 5. The maximum atomic E-state index is 12.4. The van der Waals surface area contributed by atoms with E-state index in [1.807, 2.05) is 0 Å². The van der Waals surface area contributed by atoms with Gasteiger partial charge in [-0.25, -0.2) is 4.98 Å². The van der Waals surface area contributed by atoms with E-state index in [1.165, 1.54) is 18.3 Å². The van der Waals surface area contributed by atoms with Gasteiger partial charge in [-0.15, -0.1) is 11.3 Å². The molecule has 4 N–H and O–H groups in total. The van der Waals surface area contributed by atoms with Gasteiger partial charge >= 0.3 is 0 Å². The molecule has 1 fully saturated rings. The van der Waals surface area contributed by atoms with Crippen molar-refractivity contribution >= 4 is 34.5 Å². The van der Waals surface area contributed by atoms with Crippen molar-refractivity contribution in [2.75, 3.05) is 25.1 Å². The molecule has 9 nitrogen and oxygen atoms in total. The number of nitrogens with zero attached hydrogens (tertiary/aromatic N) is 2. The molecule has 10 heteroatoms. The third-order valence-corrected chi connectivity index (χ3v) is 4.39. The Labute approximate surface area is 149 Å². The number of ether oxygens (including phenoxy) is 1. The second-order valence-electron chi connectivity index (χ2n) is 5.63. The lowest BCUT2D eigenvalue weighted by molar-refractivity contribution is -0.114. The van der Waals surface area contributed by atoms with Crippen LogP contribution in [-0.2, 0) is 9.53 Å². The highest BCUT2D eigenvalue weighted by molar-refractivity contribution is 7.14. The van der Waals surface area contributed by atoms with E-state index >= 15 is 0 Å². The van der Waals surface area contributed by atoms with Gasteiger partial charge in [0.05, 0.1) is 6.21 Å². The molecule has 0 unspecified atom stereocenters. The molecule has 3 heterocycles. The number of amides is 2. The standard InChI is InChI=1S/C15H20N6O3S/c1-9(22)19-15-21-12(7-25-15)13(23)20-11-6-17-8-18-14(11)24-10-2-4-16-5-3-10/h6-7,10,16,18H,2-5,8H2,1H3,(H,20,23)(H,19,21,22). The summed E-state index contributed by atoms with van der Waals surface area (Å²) in [6.07, 6.45) is 3.50. The van der Waals surface area contributed by atoms with Gasteiger partial charge in [0, 0.05) is 12.3 Å². The Morgan fingerprint density at radius 1 is 1.32 bits per heavy atom. The summed E-state index contributed by atoms with van der Waals surface area (Å²) in [4.78, 5) is 31.6. The zero-order valence-corrected chi connectivity index (χ0v) is 14.6. The number of anilines is 1. The predicted octanol–water partition coefficient (Wildman–Crippen LogP) is 0.400. The minimum Gasteiger partial charge on any atom is -0.474 e. The van der Waals surface area contributed by atoms with Crippen molar-refractivity contribution in [2.24, 2.45) is 4.99 Å². The zero-order chi connectivity index (χ0) is 17.6.